The Kier molecular flexibility index (Phi) is 4.10. The standard InChI is InChI=1S/C8H11F3N2O2/c9-8(10,11)7-4-6(15-13-7)5-12-2-1-3-14/h4,12,14H,1-3,5H2. The number of halogens is 3. The molecule has 1 aromatic rings. The highest BCUT2D eigenvalue weighted by Gasteiger charge is 2.34. The highest BCUT2D eigenvalue weighted by Crippen LogP contribution is 2.28. The molecule has 0 aromatic carbocycles. The van der Waals surface area contributed by atoms with Gasteiger partial charge in [-0.15, -0.1) is 0 Å². The molecule has 0 bridgehead atoms. The number of aromatic nitrogens is 1. The van der Waals surface area contributed by atoms with E-state index in [1.165, 1.54) is 0 Å². The molecule has 0 amide bonds. The molecule has 0 unspecified atom stereocenters. The largest absolute Gasteiger partial charge is 0.436 e. The molecule has 0 fully saturated rings. The van der Waals surface area contributed by atoms with E-state index in [0.717, 1.165) is 6.07 Å². The van der Waals surface area contributed by atoms with Gasteiger partial charge in [0.15, 0.2) is 11.5 Å². The maximum atomic E-state index is 12.1. The number of aliphatic hydroxyl groups is 1. The van der Waals surface area contributed by atoms with Crippen molar-refractivity contribution in [2.45, 2.75) is 19.1 Å². The van der Waals surface area contributed by atoms with Crippen LogP contribution in [0.1, 0.15) is 17.9 Å². The molecule has 1 heterocycles. The Morgan fingerprint density at radius 2 is 2.20 bits per heavy atom. The lowest BCUT2D eigenvalue weighted by molar-refractivity contribution is -0.142. The topological polar surface area (TPSA) is 58.3 Å². The van der Waals surface area contributed by atoms with Gasteiger partial charge in [0.05, 0.1) is 6.54 Å². The molecule has 4 nitrogen and oxygen atoms in total. The van der Waals surface area contributed by atoms with Crippen LogP contribution < -0.4 is 5.32 Å². The van der Waals surface area contributed by atoms with E-state index in [1.54, 1.807) is 0 Å². The molecule has 2 N–H and O–H groups in total. The summed E-state index contributed by atoms with van der Waals surface area (Å²) in [5, 5.41) is 14.2. The average molecular weight is 224 g/mol. The summed E-state index contributed by atoms with van der Waals surface area (Å²) in [6, 6.07) is 0.853. The number of hydrogen-bond donors (Lipinski definition) is 2. The molecule has 0 atom stereocenters. The number of aliphatic hydroxyl groups excluding tert-OH is 1. The fourth-order valence-corrected chi connectivity index (χ4v) is 0.946. The van der Waals surface area contributed by atoms with Gasteiger partial charge in [-0.2, -0.15) is 13.2 Å². The van der Waals surface area contributed by atoms with Crippen LogP contribution in [0.25, 0.3) is 0 Å². The van der Waals surface area contributed by atoms with Gasteiger partial charge in [0.25, 0.3) is 0 Å². The van der Waals surface area contributed by atoms with Crippen molar-refractivity contribution in [2.75, 3.05) is 13.2 Å². The predicted molar refractivity (Wildman–Crippen MR) is 44.9 cm³/mol. The van der Waals surface area contributed by atoms with Crippen molar-refractivity contribution in [3.63, 3.8) is 0 Å². The molecule has 0 aliphatic rings. The molecular formula is C8H11F3N2O2. The highest BCUT2D eigenvalue weighted by atomic mass is 19.4. The zero-order valence-corrected chi connectivity index (χ0v) is 7.84. The molecule has 86 valence electrons. The van der Waals surface area contributed by atoms with Gasteiger partial charge >= 0.3 is 6.18 Å². The lowest BCUT2D eigenvalue weighted by Crippen LogP contribution is -2.15. The highest BCUT2D eigenvalue weighted by molar-refractivity contribution is 5.08. The Labute approximate surface area is 84.1 Å². The van der Waals surface area contributed by atoms with Crippen LogP contribution in [0.3, 0.4) is 0 Å². The van der Waals surface area contributed by atoms with E-state index >= 15 is 0 Å². The normalized spacial score (nSPS) is 12.0. The summed E-state index contributed by atoms with van der Waals surface area (Å²) in [6.45, 7) is 0.721. The Balaban J connectivity index is 2.40. The fraction of sp³-hybridized carbons (Fsp3) is 0.625. The maximum absolute atomic E-state index is 12.1. The molecule has 0 radical (unpaired) electrons. The van der Waals surface area contributed by atoms with E-state index in [2.05, 4.69) is 15.0 Å². The molecular weight excluding hydrogens is 213 g/mol. The van der Waals surface area contributed by atoms with Crippen LogP contribution in [0.2, 0.25) is 0 Å². The van der Waals surface area contributed by atoms with Gasteiger partial charge in [-0.25, -0.2) is 0 Å². The zero-order valence-electron chi connectivity index (χ0n) is 7.84. The number of hydrogen-bond acceptors (Lipinski definition) is 4. The smallest absolute Gasteiger partial charge is 0.396 e. The average Bonchev–Trinajstić information content (AvgIpc) is 2.60. The molecule has 7 heteroatoms. The van der Waals surface area contributed by atoms with Crippen LogP contribution in [0.4, 0.5) is 13.2 Å². The lowest BCUT2D eigenvalue weighted by atomic mass is 10.3. The lowest BCUT2D eigenvalue weighted by Gasteiger charge is -1.99. The molecule has 0 aliphatic heterocycles. The molecule has 15 heavy (non-hydrogen) atoms. The summed E-state index contributed by atoms with van der Waals surface area (Å²) < 4.78 is 40.7. The van der Waals surface area contributed by atoms with Crippen molar-refractivity contribution < 1.29 is 22.8 Å². The minimum atomic E-state index is -4.47. The van der Waals surface area contributed by atoms with Crippen LogP contribution >= 0.6 is 0 Å². The first-order valence-electron chi connectivity index (χ1n) is 4.38. The molecule has 0 aliphatic carbocycles. The van der Waals surface area contributed by atoms with Crippen molar-refractivity contribution in [1.82, 2.24) is 10.5 Å². The molecule has 0 saturated heterocycles. The van der Waals surface area contributed by atoms with Crippen molar-refractivity contribution >= 4 is 0 Å². The van der Waals surface area contributed by atoms with Crippen molar-refractivity contribution in [1.29, 1.82) is 0 Å². The van der Waals surface area contributed by atoms with Crippen LogP contribution in [-0.2, 0) is 12.7 Å². The summed E-state index contributed by atoms with van der Waals surface area (Å²) in [7, 11) is 0. The monoisotopic (exact) mass is 224 g/mol. The van der Waals surface area contributed by atoms with E-state index in [-0.39, 0.29) is 18.9 Å². The van der Waals surface area contributed by atoms with Gasteiger partial charge in [-0.05, 0) is 13.0 Å². The number of alkyl halides is 3. The minimum absolute atomic E-state index is 0.0389. The third kappa shape index (κ3) is 3.88. The van der Waals surface area contributed by atoms with Crippen LogP contribution in [0.5, 0.6) is 0 Å². The van der Waals surface area contributed by atoms with Crippen molar-refractivity contribution in [3.05, 3.63) is 17.5 Å². The summed E-state index contributed by atoms with van der Waals surface area (Å²) in [4.78, 5) is 0. The van der Waals surface area contributed by atoms with Gasteiger partial charge < -0.3 is 14.9 Å². The quantitative estimate of drug-likeness (QED) is 0.737. The van der Waals surface area contributed by atoms with E-state index in [4.69, 9.17) is 5.11 Å². The van der Waals surface area contributed by atoms with Gasteiger partial charge in [0.1, 0.15) is 0 Å². The van der Waals surface area contributed by atoms with Gasteiger partial charge in [-0.3, -0.25) is 0 Å². The van der Waals surface area contributed by atoms with E-state index < -0.39 is 11.9 Å². The number of nitrogens with one attached hydrogen (secondary N) is 1. The summed E-state index contributed by atoms with van der Waals surface area (Å²) in [6.07, 6.45) is -3.92. The van der Waals surface area contributed by atoms with E-state index in [9.17, 15) is 13.2 Å². The Hall–Kier alpha value is -1.08. The first-order valence-corrected chi connectivity index (χ1v) is 4.38. The van der Waals surface area contributed by atoms with Crippen LogP contribution in [0, 0.1) is 0 Å². The second-order valence-electron chi connectivity index (χ2n) is 2.93. The van der Waals surface area contributed by atoms with Gasteiger partial charge in [0, 0.05) is 12.7 Å². The number of nitrogens with zero attached hydrogens (tertiary/aromatic N) is 1. The SMILES string of the molecule is OCCCNCc1cc(C(F)(F)F)no1. The van der Waals surface area contributed by atoms with E-state index in [1.807, 2.05) is 0 Å². The third-order valence-electron chi connectivity index (χ3n) is 1.66. The zero-order chi connectivity index (χ0) is 11.3. The Bertz CT molecular complexity index is 298. The Morgan fingerprint density at radius 1 is 1.47 bits per heavy atom. The Morgan fingerprint density at radius 3 is 2.73 bits per heavy atom. The molecule has 1 aromatic heterocycles. The van der Waals surface area contributed by atoms with Crippen LogP contribution in [-0.4, -0.2) is 23.4 Å². The minimum Gasteiger partial charge on any atom is -0.396 e. The summed E-state index contributed by atoms with van der Waals surface area (Å²) in [5.41, 5.74) is -1.03. The second-order valence-corrected chi connectivity index (χ2v) is 2.93. The van der Waals surface area contributed by atoms with E-state index in [0.29, 0.717) is 13.0 Å². The fourth-order valence-electron chi connectivity index (χ4n) is 0.946. The second kappa shape index (κ2) is 5.13. The molecule has 1 rings (SSSR count). The summed E-state index contributed by atoms with van der Waals surface area (Å²) >= 11 is 0. The van der Waals surface area contributed by atoms with Crippen LogP contribution in [0.15, 0.2) is 10.6 Å². The van der Waals surface area contributed by atoms with Crippen molar-refractivity contribution in [3.8, 4) is 0 Å². The molecule has 0 saturated carbocycles. The first kappa shape index (κ1) is 12.0. The predicted octanol–water partition coefficient (Wildman–Crippen LogP) is 1.17. The first-order chi connectivity index (χ1) is 7.04. The maximum Gasteiger partial charge on any atom is 0.436 e. The summed E-state index contributed by atoms with van der Waals surface area (Å²) in [5.74, 6) is 0.125. The molecule has 0 spiro atoms. The van der Waals surface area contributed by atoms with Crippen molar-refractivity contribution in [2.24, 2.45) is 0 Å². The van der Waals surface area contributed by atoms with Gasteiger partial charge in [-0.1, -0.05) is 5.16 Å². The van der Waals surface area contributed by atoms with Gasteiger partial charge in [0.2, 0.25) is 0 Å². The number of rotatable bonds is 5. The third-order valence-corrected chi connectivity index (χ3v) is 1.66.